The Kier molecular flexibility index (Phi) is 11.2. The van der Waals surface area contributed by atoms with Gasteiger partial charge in [0.05, 0.1) is 5.41 Å². The van der Waals surface area contributed by atoms with Crippen LogP contribution < -0.4 is 11.1 Å². The van der Waals surface area contributed by atoms with Crippen LogP contribution in [0.15, 0.2) is 121 Å². The summed E-state index contributed by atoms with van der Waals surface area (Å²) >= 11 is 0. The molecule has 0 amide bonds. The van der Waals surface area contributed by atoms with Gasteiger partial charge in [-0.25, -0.2) is 0 Å². The highest BCUT2D eigenvalue weighted by Gasteiger charge is 2.47. The molecule has 0 bridgehead atoms. The summed E-state index contributed by atoms with van der Waals surface area (Å²) in [7, 11) is 0. The van der Waals surface area contributed by atoms with Crippen molar-refractivity contribution in [3.8, 4) is 33.4 Å². The molecule has 6 aromatic rings. The van der Waals surface area contributed by atoms with E-state index in [1.54, 1.807) is 0 Å². The monoisotopic (exact) mass is 753 g/mol. The van der Waals surface area contributed by atoms with E-state index >= 15 is 0 Å². The fraction of sp³-hybridized carbons (Fsp3) is 0.345. The van der Waals surface area contributed by atoms with Gasteiger partial charge in [-0.2, -0.15) is 0 Å². The lowest BCUT2D eigenvalue weighted by Crippen LogP contribution is -2.30. The number of aryl methyl sites for hydroxylation is 2. The van der Waals surface area contributed by atoms with Crippen molar-refractivity contribution >= 4 is 5.69 Å². The molecule has 1 aliphatic carbocycles. The van der Waals surface area contributed by atoms with Gasteiger partial charge in [0.1, 0.15) is 0 Å². The van der Waals surface area contributed by atoms with Crippen molar-refractivity contribution in [1.82, 2.24) is 0 Å². The van der Waals surface area contributed by atoms with E-state index in [1.807, 2.05) is 0 Å². The second kappa shape index (κ2) is 15.8. The first kappa shape index (κ1) is 40.3. The van der Waals surface area contributed by atoms with E-state index in [9.17, 15) is 0 Å². The number of hydrogen-bond acceptors (Lipinski definition) is 2. The summed E-state index contributed by atoms with van der Waals surface area (Å²) < 4.78 is 0. The summed E-state index contributed by atoms with van der Waals surface area (Å²) in [6.07, 6.45) is 4.44. The van der Waals surface area contributed by atoms with Crippen molar-refractivity contribution in [3.63, 3.8) is 0 Å². The van der Waals surface area contributed by atoms with Gasteiger partial charge in [-0.15, -0.1) is 0 Å². The zero-order valence-corrected chi connectivity index (χ0v) is 36.2. The molecule has 1 aliphatic rings. The zero-order chi connectivity index (χ0) is 40.7. The summed E-state index contributed by atoms with van der Waals surface area (Å²) in [6.45, 7) is 24.1. The predicted molar refractivity (Wildman–Crippen MR) is 247 cm³/mol. The molecule has 0 radical (unpaired) electrons. The van der Waals surface area contributed by atoms with Crippen molar-refractivity contribution < 1.29 is 0 Å². The van der Waals surface area contributed by atoms with Crippen molar-refractivity contribution in [1.29, 1.82) is 0 Å². The van der Waals surface area contributed by atoms with Crippen LogP contribution in [0.25, 0.3) is 33.4 Å². The average molecular weight is 753 g/mol. The number of fused-ring (bicyclic) bond motifs is 3. The van der Waals surface area contributed by atoms with Gasteiger partial charge >= 0.3 is 0 Å². The van der Waals surface area contributed by atoms with E-state index in [0.717, 1.165) is 19.4 Å². The number of benzene rings is 6. The van der Waals surface area contributed by atoms with Gasteiger partial charge in [-0.05, 0) is 133 Å². The molecule has 0 saturated heterocycles. The van der Waals surface area contributed by atoms with Gasteiger partial charge in [-0.3, -0.25) is 0 Å². The number of hydrogen-bond donors (Lipinski definition) is 2. The van der Waals surface area contributed by atoms with Crippen LogP contribution in [0.5, 0.6) is 0 Å². The Bertz CT molecular complexity index is 2260. The SMILES string of the molecule is CCCCNc1ccc(-c2ccc(C3(c4ccc(-c5ccc(C(N)CCC)cc5)cc4)c4cc(C(C)(C)C)c(C)cc4-c4cc(C)c(C(C)(C)C)cc43)cc2)cc1. The third-order valence-electron chi connectivity index (χ3n) is 12.4. The van der Waals surface area contributed by atoms with Crippen LogP contribution in [0, 0.1) is 13.8 Å². The molecule has 1 unspecified atom stereocenters. The van der Waals surface area contributed by atoms with E-state index in [4.69, 9.17) is 5.73 Å². The van der Waals surface area contributed by atoms with Crippen LogP contribution in [0.3, 0.4) is 0 Å². The van der Waals surface area contributed by atoms with Crippen molar-refractivity contribution in [2.45, 2.75) is 117 Å². The predicted octanol–water partition coefficient (Wildman–Crippen LogP) is 14.6. The molecule has 0 saturated carbocycles. The molecule has 0 aliphatic heterocycles. The number of nitrogens with one attached hydrogen (secondary N) is 1. The lowest BCUT2D eigenvalue weighted by Gasteiger charge is -2.36. The minimum Gasteiger partial charge on any atom is -0.385 e. The summed E-state index contributed by atoms with van der Waals surface area (Å²) in [5.74, 6) is 0. The highest BCUT2D eigenvalue weighted by atomic mass is 14.9. The summed E-state index contributed by atoms with van der Waals surface area (Å²) in [4.78, 5) is 0. The largest absolute Gasteiger partial charge is 0.385 e. The Morgan fingerprint density at radius 1 is 0.544 bits per heavy atom. The number of anilines is 1. The molecule has 3 N–H and O–H groups in total. The molecule has 0 spiro atoms. The topological polar surface area (TPSA) is 38.0 Å². The van der Waals surface area contributed by atoms with E-state index in [2.05, 4.69) is 196 Å². The molecule has 0 aromatic heterocycles. The molecule has 2 nitrogen and oxygen atoms in total. The fourth-order valence-corrected chi connectivity index (χ4v) is 9.45. The van der Waals surface area contributed by atoms with Crippen LogP contribution in [-0.2, 0) is 16.2 Å². The van der Waals surface area contributed by atoms with Crippen LogP contribution in [0.4, 0.5) is 5.69 Å². The molecule has 294 valence electrons. The summed E-state index contributed by atoms with van der Waals surface area (Å²) in [5.41, 5.74) is 26.7. The number of rotatable bonds is 11. The highest BCUT2D eigenvalue weighted by molar-refractivity contribution is 5.88. The minimum atomic E-state index is -0.521. The lowest BCUT2D eigenvalue weighted by atomic mass is 9.65. The summed E-state index contributed by atoms with van der Waals surface area (Å²) in [5, 5.41) is 3.57. The molecule has 7 rings (SSSR count). The molecular formula is C55H64N2. The Labute approximate surface area is 344 Å². The molecule has 0 fully saturated rings. The van der Waals surface area contributed by atoms with Gasteiger partial charge in [0.2, 0.25) is 0 Å². The average Bonchev–Trinajstić information content (AvgIpc) is 3.46. The maximum Gasteiger partial charge on any atom is 0.0713 e. The smallest absolute Gasteiger partial charge is 0.0713 e. The van der Waals surface area contributed by atoms with Gasteiger partial charge in [0, 0.05) is 18.3 Å². The Hall–Kier alpha value is -4.92. The molecule has 0 heterocycles. The Morgan fingerprint density at radius 3 is 1.33 bits per heavy atom. The molecule has 6 aromatic carbocycles. The maximum atomic E-state index is 6.49. The number of unbranched alkanes of at least 4 members (excludes halogenated alkanes) is 1. The van der Waals surface area contributed by atoms with E-state index < -0.39 is 5.41 Å². The lowest BCUT2D eigenvalue weighted by molar-refractivity contribution is 0.582. The molecule has 57 heavy (non-hydrogen) atoms. The second-order valence-corrected chi connectivity index (χ2v) is 18.7. The molecular weight excluding hydrogens is 689 g/mol. The first-order chi connectivity index (χ1) is 27.2. The standard InChI is InChI=1S/C55H64N2/c1-11-13-31-57-45-29-23-41(24-30-45)40-21-27-44(28-22-40)55(43-25-19-39(20-26-43)38-15-17-42(18-16-38)52(56)14-12-2)50-34-48(53(5,6)7)36(3)32-46(50)47-33-37(4)49(35-51(47)55)54(8,9)10/h15-30,32-35,52,57H,11-14,31,56H2,1-10H3. The second-order valence-electron chi connectivity index (χ2n) is 18.7. The van der Waals surface area contributed by atoms with Crippen molar-refractivity contribution in [2.24, 2.45) is 5.73 Å². The third-order valence-corrected chi connectivity index (χ3v) is 12.4. The number of nitrogens with two attached hydrogens (primary N) is 1. The van der Waals surface area contributed by atoms with E-state index in [0.29, 0.717) is 0 Å². The molecule has 2 heteroatoms. The van der Waals surface area contributed by atoms with E-state index in [-0.39, 0.29) is 16.9 Å². The Balaban J connectivity index is 1.44. The zero-order valence-electron chi connectivity index (χ0n) is 36.2. The van der Waals surface area contributed by atoms with Crippen LogP contribution in [0.2, 0.25) is 0 Å². The van der Waals surface area contributed by atoms with Crippen LogP contribution >= 0.6 is 0 Å². The summed E-state index contributed by atoms with van der Waals surface area (Å²) in [6, 6.07) is 46.9. The first-order valence-electron chi connectivity index (χ1n) is 21.4. The quantitative estimate of drug-likeness (QED) is 0.129. The third kappa shape index (κ3) is 7.62. The van der Waals surface area contributed by atoms with Gasteiger partial charge in [0.25, 0.3) is 0 Å². The van der Waals surface area contributed by atoms with Gasteiger partial charge < -0.3 is 11.1 Å². The molecule has 1 atom stereocenters. The minimum absolute atomic E-state index is 0.0107. The van der Waals surface area contributed by atoms with Crippen LogP contribution in [-0.4, -0.2) is 6.54 Å². The van der Waals surface area contributed by atoms with Crippen LogP contribution in [0.1, 0.15) is 137 Å². The Morgan fingerprint density at radius 2 is 0.947 bits per heavy atom. The highest BCUT2D eigenvalue weighted by Crippen LogP contribution is 2.58. The van der Waals surface area contributed by atoms with E-state index in [1.165, 1.54) is 102 Å². The van der Waals surface area contributed by atoms with Crippen molar-refractivity contribution in [3.05, 3.63) is 171 Å². The van der Waals surface area contributed by atoms with Gasteiger partial charge in [-0.1, -0.05) is 177 Å². The maximum absolute atomic E-state index is 6.49. The fourth-order valence-electron chi connectivity index (χ4n) is 9.45. The van der Waals surface area contributed by atoms with Crippen molar-refractivity contribution in [2.75, 3.05) is 11.9 Å². The van der Waals surface area contributed by atoms with Gasteiger partial charge in [0.15, 0.2) is 0 Å². The normalized spacial score (nSPS) is 13.9. The first-order valence-corrected chi connectivity index (χ1v) is 21.4.